The van der Waals surface area contributed by atoms with Crippen molar-refractivity contribution in [3.05, 3.63) is 153 Å². The summed E-state index contributed by atoms with van der Waals surface area (Å²) in [6, 6.07) is 31.5. The Kier molecular flexibility index (Phi) is 37.7. The zero-order valence-corrected chi connectivity index (χ0v) is 56.1. The third-order valence-corrected chi connectivity index (χ3v) is 13.7. The minimum Gasteiger partial charge on any atom is -1.00 e. The van der Waals surface area contributed by atoms with Gasteiger partial charge in [-0.15, -0.1) is 0 Å². The number of halogens is 2. The van der Waals surface area contributed by atoms with E-state index < -0.39 is 0 Å². The topological polar surface area (TPSA) is 263 Å². The monoisotopic (exact) mass is 1410 g/mol. The maximum absolute atomic E-state index is 9.13. The van der Waals surface area contributed by atoms with Crippen LogP contribution in [0.2, 0.25) is 0 Å². The van der Waals surface area contributed by atoms with Crippen LogP contribution in [-0.2, 0) is 83.0 Å². The second kappa shape index (κ2) is 45.6. The molecule has 0 fully saturated rings. The van der Waals surface area contributed by atoms with Crippen LogP contribution in [0.4, 0.5) is 11.4 Å². The van der Waals surface area contributed by atoms with Gasteiger partial charge in [0.1, 0.15) is 52.6 Å². The Labute approximate surface area is 558 Å². The molecule has 7 aromatic rings. The molecule has 0 bridgehead atoms. The molecule has 0 spiro atoms. The van der Waals surface area contributed by atoms with Crippen molar-refractivity contribution in [3.63, 3.8) is 0 Å². The summed E-state index contributed by atoms with van der Waals surface area (Å²) in [6.07, 6.45) is 4.21. The Hall–Kier alpha value is -6.66. The van der Waals surface area contributed by atoms with E-state index in [4.69, 9.17) is 86.9 Å². The second-order valence-electron chi connectivity index (χ2n) is 20.1. The molecule has 0 amide bonds. The Balaban J connectivity index is 0.00000768. The lowest BCUT2D eigenvalue weighted by Crippen LogP contribution is -3.00. The Morgan fingerprint density at radius 2 is 0.630 bits per heavy atom. The molecule has 0 atom stereocenters. The molecule has 0 N–H and O–H groups in total. The lowest BCUT2D eigenvalue weighted by molar-refractivity contribution is -0.663. The van der Waals surface area contributed by atoms with Crippen molar-refractivity contribution < 1.29 is 119 Å². The first-order valence-corrected chi connectivity index (χ1v) is 30.0. The molecule has 0 saturated carbocycles. The highest BCUT2D eigenvalue weighted by Gasteiger charge is 2.25. The van der Waals surface area contributed by atoms with E-state index in [1.54, 1.807) is 52.7 Å². The van der Waals surface area contributed by atoms with Gasteiger partial charge in [-0.3, -0.25) is 0 Å². The van der Waals surface area contributed by atoms with Crippen molar-refractivity contribution >= 4 is 33.4 Å². The first-order valence-electron chi connectivity index (χ1n) is 30.0. The second-order valence-corrected chi connectivity index (χ2v) is 20.1. The van der Waals surface area contributed by atoms with Crippen molar-refractivity contribution in [1.29, 1.82) is 0 Å². The average molecular weight is 1410 g/mol. The summed E-state index contributed by atoms with van der Waals surface area (Å²) in [5, 5.41) is 7.59. The Morgan fingerprint density at radius 3 is 0.913 bits per heavy atom. The molecule has 26 nitrogen and oxygen atoms in total. The number of azide groups is 2. The highest BCUT2D eigenvalue weighted by atomic mass is 79.9. The van der Waals surface area contributed by atoms with E-state index in [-0.39, 0.29) is 60.4 Å². The maximum atomic E-state index is 9.13. The number of hydrogen-bond acceptors (Lipinski definition) is 18. The van der Waals surface area contributed by atoms with Crippen LogP contribution in [-0.4, -0.2) is 196 Å². The Morgan fingerprint density at radius 1 is 0.359 bits per heavy atom. The molecule has 2 heterocycles. The van der Waals surface area contributed by atoms with Crippen LogP contribution >= 0.6 is 0 Å². The zero-order valence-electron chi connectivity index (χ0n) is 53.0. The third-order valence-electron chi connectivity index (χ3n) is 13.7. The molecule has 0 aliphatic rings. The molecule has 2 aromatic heterocycles. The van der Waals surface area contributed by atoms with Crippen molar-refractivity contribution in [2.45, 2.75) is 26.2 Å². The summed E-state index contributed by atoms with van der Waals surface area (Å²) in [7, 11) is 6.55. The SMILES string of the molecule is COCCOCCOCCOc1cc2c(cc1OCCOCCOCCOC)[n+](Cc1ccc(N=[N+]=[N-])cc1)cn2Cc1ccccc1Cn1c[n+](Cc2ccc(N=[N+]=[N-])cc2)c2cc(OCCOCCOCCOC)c(OCCOCCOCCOC)cc21.[Br-].[Br-]. The molecule has 92 heavy (non-hydrogen) atoms. The van der Waals surface area contributed by atoms with Crippen LogP contribution in [0.3, 0.4) is 0 Å². The van der Waals surface area contributed by atoms with Gasteiger partial charge in [-0.05, 0) is 22.2 Å². The van der Waals surface area contributed by atoms with Crippen molar-refractivity contribution in [1.82, 2.24) is 9.13 Å². The average Bonchev–Trinajstić information content (AvgIpc) is 1.77. The highest BCUT2D eigenvalue weighted by molar-refractivity contribution is 5.78. The fourth-order valence-electron chi connectivity index (χ4n) is 9.30. The van der Waals surface area contributed by atoms with Crippen LogP contribution in [0.1, 0.15) is 22.3 Å². The summed E-state index contributed by atoms with van der Waals surface area (Å²) in [4.78, 5) is 5.94. The number of benzene rings is 5. The van der Waals surface area contributed by atoms with Gasteiger partial charge in [0, 0.05) is 85.0 Å². The number of fused-ring (bicyclic) bond motifs is 2. The minimum atomic E-state index is 0. The Bertz CT molecular complexity index is 3060. The predicted octanol–water partition coefficient (Wildman–Crippen LogP) is 2.49. The van der Waals surface area contributed by atoms with Gasteiger partial charge < -0.3 is 110 Å². The predicted molar refractivity (Wildman–Crippen MR) is 334 cm³/mol. The smallest absolute Gasteiger partial charge is 0.245 e. The number of rotatable bonds is 50. The quantitative estimate of drug-likeness (QED) is 0.0174. The first-order chi connectivity index (χ1) is 44.4. The van der Waals surface area contributed by atoms with Gasteiger partial charge in [0.25, 0.3) is 0 Å². The van der Waals surface area contributed by atoms with Gasteiger partial charge in [0.2, 0.25) is 12.7 Å². The van der Waals surface area contributed by atoms with E-state index in [9.17, 15) is 0 Å². The highest BCUT2D eigenvalue weighted by Crippen LogP contribution is 2.35. The maximum Gasteiger partial charge on any atom is 0.245 e. The fourth-order valence-corrected chi connectivity index (χ4v) is 9.30. The number of aromatic nitrogens is 4. The molecule has 502 valence electrons. The van der Waals surface area contributed by atoms with Crippen LogP contribution in [0.5, 0.6) is 23.0 Å². The summed E-state index contributed by atoms with van der Waals surface area (Å²) in [6.45, 7) is 11.5. The third kappa shape index (κ3) is 26.4. The van der Waals surface area contributed by atoms with E-state index in [1.165, 1.54) is 0 Å². The van der Waals surface area contributed by atoms with Crippen molar-refractivity contribution in [2.24, 2.45) is 10.2 Å². The van der Waals surface area contributed by atoms with E-state index in [1.807, 2.05) is 48.5 Å². The molecular weight excluding hydrogens is 1320 g/mol. The van der Waals surface area contributed by atoms with E-state index >= 15 is 0 Å². The molecule has 28 heteroatoms. The molecule has 0 unspecified atom stereocenters. The van der Waals surface area contributed by atoms with Crippen molar-refractivity contribution in [3.8, 4) is 23.0 Å². The molecule has 0 aliphatic carbocycles. The molecular formula is C64H86Br2N10O16. The van der Waals surface area contributed by atoms with E-state index in [0.29, 0.717) is 193 Å². The van der Waals surface area contributed by atoms with E-state index in [0.717, 1.165) is 44.3 Å². The van der Waals surface area contributed by atoms with Crippen molar-refractivity contribution in [2.75, 3.05) is 187 Å². The molecule has 0 radical (unpaired) electrons. The summed E-state index contributed by atoms with van der Waals surface area (Å²) in [5.74, 6) is 2.15. The molecule has 5 aromatic carbocycles. The van der Waals surface area contributed by atoms with Crippen LogP contribution in [0, 0.1) is 0 Å². The van der Waals surface area contributed by atoms with Gasteiger partial charge in [-0.25, -0.2) is 18.3 Å². The fraction of sp³-hybridized carbons (Fsp3) is 0.500. The van der Waals surface area contributed by atoms with Crippen LogP contribution in [0.15, 0.2) is 120 Å². The summed E-state index contributed by atoms with van der Waals surface area (Å²) < 4.78 is 101. The van der Waals surface area contributed by atoms with Crippen LogP contribution in [0.25, 0.3) is 43.0 Å². The van der Waals surface area contributed by atoms with Gasteiger partial charge >= 0.3 is 0 Å². The lowest BCUT2D eigenvalue weighted by Gasteiger charge is -2.14. The van der Waals surface area contributed by atoms with Gasteiger partial charge in [0.15, 0.2) is 45.1 Å². The minimum absolute atomic E-state index is 0. The lowest BCUT2D eigenvalue weighted by atomic mass is 10.1. The van der Waals surface area contributed by atoms with E-state index in [2.05, 4.69) is 75.2 Å². The number of hydrogen-bond donors (Lipinski definition) is 0. The molecule has 7 rings (SSSR count). The largest absolute Gasteiger partial charge is 1.00 e. The zero-order chi connectivity index (χ0) is 63.1. The summed E-state index contributed by atoms with van der Waals surface area (Å²) >= 11 is 0. The number of nitrogens with zero attached hydrogens (tertiary/aromatic N) is 10. The van der Waals surface area contributed by atoms with Gasteiger partial charge in [-0.1, -0.05) is 83.0 Å². The molecule has 0 saturated heterocycles. The molecule has 0 aliphatic heterocycles. The number of imidazole rings is 2. The normalized spacial score (nSPS) is 11.1. The number of methoxy groups -OCH3 is 4. The van der Waals surface area contributed by atoms with Gasteiger partial charge in [-0.2, -0.15) is 0 Å². The first kappa shape index (κ1) is 76.1. The standard InChI is InChI=1S/C64H86N10O16.2BrH/c1-75-17-21-79-25-29-83-33-37-87-61-41-57-59(43-63(61)89-39-35-85-31-27-81-23-19-77-3)73(49-71(57)45-51-9-13-55(14-10-51)67-69-65)47-53-7-5-6-8-54(53)48-74-50-72(46-52-11-15-56(16-12-52)68-70-66)58-42-62(88-38-34-84-30-26-80-22-18-76-2)64(44-60(58)74)90-40-36-86-32-28-82-24-20-78-4;;/h5-16,41-44,49-50H,17-40,45-48H2,1-4H3;2*1H/q+2;;/p-2. The number of ether oxygens (including phenoxy) is 16. The summed E-state index contributed by atoms with van der Waals surface area (Å²) in [5.41, 5.74) is 27.0. The van der Waals surface area contributed by atoms with Gasteiger partial charge in [0.05, 0.1) is 132 Å². The van der Waals surface area contributed by atoms with Crippen LogP contribution < -0.4 is 62.0 Å².